The van der Waals surface area contributed by atoms with Gasteiger partial charge in [-0.25, -0.2) is 9.59 Å². The third kappa shape index (κ3) is 6.11. The van der Waals surface area contributed by atoms with Crippen LogP contribution in [0.3, 0.4) is 0 Å². The van der Waals surface area contributed by atoms with Crippen molar-refractivity contribution >= 4 is 17.7 Å². The van der Waals surface area contributed by atoms with Gasteiger partial charge >= 0.3 is 12.1 Å². The minimum atomic E-state index is -0.756. The summed E-state index contributed by atoms with van der Waals surface area (Å²) in [6.07, 6.45) is -0.594. The van der Waals surface area contributed by atoms with Gasteiger partial charge in [-0.2, -0.15) is 0 Å². The van der Waals surface area contributed by atoms with Crippen molar-refractivity contribution in [2.45, 2.75) is 26.4 Å². The van der Waals surface area contributed by atoms with Crippen molar-refractivity contribution < 1.29 is 28.7 Å². The van der Waals surface area contributed by atoms with Crippen LogP contribution in [0, 0.1) is 10.1 Å². The average Bonchev–Trinajstić information content (AvgIpc) is 2.49. The van der Waals surface area contributed by atoms with Crippen LogP contribution in [-0.4, -0.2) is 42.8 Å². The van der Waals surface area contributed by atoms with Crippen LogP contribution >= 0.6 is 0 Å². The molecule has 1 amide bonds. The minimum absolute atomic E-state index is 0.0427. The molecule has 0 aliphatic rings. The number of alkyl carbamates (subject to hydrolysis) is 1. The molecule has 0 heterocycles. The Labute approximate surface area is 139 Å². The quantitative estimate of drug-likeness (QED) is 0.365. The molecule has 0 unspecified atom stereocenters. The zero-order valence-electron chi connectivity index (χ0n) is 14.0. The number of hydrogen-bond acceptors (Lipinski definition) is 7. The summed E-state index contributed by atoms with van der Waals surface area (Å²) >= 11 is 0. The van der Waals surface area contributed by atoms with Crippen molar-refractivity contribution in [3.63, 3.8) is 0 Å². The molecule has 0 bridgehead atoms. The number of benzene rings is 1. The molecule has 0 radical (unpaired) electrons. The first-order valence-corrected chi connectivity index (χ1v) is 7.10. The molecule has 0 aliphatic heterocycles. The van der Waals surface area contributed by atoms with Crippen LogP contribution in [0.2, 0.25) is 0 Å². The van der Waals surface area contributed by atoms with Crippen LogP contribution in [0.5, 0.6) is 5.75 Å². The van der Waals surface area contributed by atoms with E-state index in [1.54, 1.807) is 20.8 Å². The predicted molar refractivity (Wildman–Crippen MR) is 84.2 cm³/mol. The third-order valence-electron chi connectivity index (χ3n) is 2.61. The van der Waals surface area contributed by atoms with Gasteiger partial charge in [-0.3, -0.25) is 10.1 Å². The van der Waals surface area contributed by atoms with E-state index in [-0.39, 0.29) is 30.2 Å². The molecule has 9 nitrogen and oxygen atoms in total. The average molecular weight is 340 g/mol. The van der Waals surface area contributed by atoms with Crippen LogP contribution in [-0.2, 0) is 9.47 Å². The Morgan fingerprint density at radius 2 is 1.96 bits per heavy atom. The highest BCUT2D eigenvalue weighted by atomic mass is 16.6. The number of amides is 1. The van der Waals surface area contributed by atoms with Gasteiger partial charge in [0.25, 0.3) is 5.69 Å². The Morgan fingerprint density at radius 3 is 2.50 bits per heavy atom. The topological polar surface area (TPSA) is 117 Å². The molecule has 1 aromatic carbocycles. The summed E-state index contributed by atoms with van der Waals surface area (Å²) in [6.45, 7) is 5.39. The summed E-state index contributed by atoms with van der Waals surface area (Å²) < 4.78 is 15.0. The largest absolute Gasteiger partial charge is 0.491 e. The maximum Gasteiger partial charge on any atom is 0.407 e. The van der Waals surface area contributed by atoms with Crippen molar-refractivity contribution in [1.82, 2.24) is 5.32 Å². The number of nitro groups is 1. The fourth-order valence-corrected chi connectivity index (χ4v) is 1.66. The Balaban J connectivity index is 2.66. The lowest BCUT2D eigenvalue weighted by atomic mass is 10.2. The van der Waals surface area contributed by atoms with E-state index in [1.807, 2.05) is 0 Å². The fourth-order valence-electron chi connectivity index (χ4n) is 1.66. The molecule has 1 rings (SSSR count). The second-order valence-corrected chi connectivity index (χ2v) is 5.71. The molecule has 9 heteroatoms. The van der Waals surface area contributed by atoms with Crippen molar-refractivity contribution in [2.75, 3.05) is 20.3 Å². The van der Waals surface area contributed by atoms with Gasteiger partial charge in [0, 0.05) is 12.1 Å². The molecule has 0 aromatic heterocycles. The Bertz CT molecular complexity index is 623. The number of nitro benzene ring substituents is 1. The number of nitrogens with zero attached hydrogens (tertiary/aromatic N) is 1. The van der Waals surface area contributed by atoms with E-state index < -0.39 is 22.6 Å². The molecule has 1 N–H and O–H groups in total. The molecule has 0 spiro atoms. The number of rotatable bonds is 6. The maximum atomic E-state index is 11.7. The van der Waals surface area contributed by atoms with E-state index in [4.69, 9.17) is 9.47 Å². The van der Waals surface area contributed by atoms with E-state index in [0.717, 1.165) is 13.2 Å². The molecule has 0 aliphatic carbocycles. The normalized spacial score (nSPS) is 10.7. The second-order valence-electron chi connectivity index (χ2n) is 5.71. The highest BCUT2D eigenvalue weighted by Gasteiger charge is 2.19. The van der Waals surface area contributed by atoms with Gasteiger partial charge in [-0.05, 0) is 26.8 Å². The SMILES string of the molecule is COC(=O)c1cc([N+](=O)[O-])ccc1OCCNC(=O)OC(C)(C)C. The molecular formula is C15H20N2O7. The number of non-ortho nitro benzene ring substituents is 1. The number of hydrogen-bond donors (Lipinski definition) is 1. The lowest BCUT2D eigenvalue weighted by Crippen LogP contribution is -2.34. The number of carbonyl (C=O) groups excluding carboxylic acids is 2. The molecule has 0 atom stereocenters. The number of nitrogens with one attached hydrogen (secondary N) is 1. The van der Waals surface area contributed by atoms with Crippen LogP contribution in [0.1, 0.15) is 31.1 Å². The molecule has 24 heavy (non-hydrogen) atoms. The summed E-state index contributed by atoms with van der Waals surface area (Å²) in [5.41, 5.74) is -0.931. The Morgan fingerprint density at radius 1 is 1.29 bits per heavy atom. The number of esters is 1. The molecule has 0 saturated carbocycles. The smallest absolute Gasteiger partial charge is 0.407 e. The summed E-state index contributed by atoms with van der Waals surface area (Å²) in [5, 5.41) is 13.3. The summed E-state index contributed by atoms with van der Waals surface area (Å²) in [6, 6.07) is 3.59. The van der Waals surface area contributed by atoms with Crippen molar-refractivity contribution in [1.29, 1.82) is 0 Å². The van der Waals surface area contributed by atoms with Crippen molar-refractivity contribution in [3.8, 4) is 5.75 Å². The summed E-state index contributed by atoms with van der Waals surface area (Å²) in [4.78, 5) is 33.3. The van der Waals surface area contributed by atoms with E-state index in [2.05, 4.69) is 10.1 Å². The van der Waals surface area contributed by atoms with Crippen LogP contribution < -0.4 is 10.1 Å². The first-order chi connectivity index (χ1) is 11.1. The molecule has 0 fully saturated rings. The van der Waals surface area contributed by atoms with Gasteiger partial charge in [0.15, 0.2) is 0 Å². The first kappa shape index (κ1) is 19.2. The molecule has 132 valence electrons. The summed E-state index contributed by atoms with van der Waals surface area (Å²) in [5.74, 6) is -0.632. The van der Waals surface area contributed by atoms with Gasteiger partial charge in [0.2, 0.25) is 0 Å². The lowest BCUT2D eigenvalue weighted by Gasteiger charge is -2.19. The van der Waals surface area contributed by atoms with Crippen molar-refractivity contribution in [3.05, 3.63) is 33.9 Å². The number of carbonyl (C=O) groups is 2. The van der Waals surface area contributed by atoms with Crippen LogP contribution in [0.25, 0.3) is 0 Å². The fraction of sp³-hybridized carbons (Fsp3) is 0.467. The minimum Gasteiger partial charge on any atom is -0.491 e. The monoisotopic (exact) mass is 340 g/mol. The maximum absolute atomic E-state index is 11.7. The highest BCUT2D eigenvalue weighted by Crippen LogP contribution is 2.24. The highest BCUT2D eigenvalue weighted by molar-refractivity contribution is 5.93. The van der Waals surface area contributed by atoms with Gasteiger partial charge in [-0.15, -0.1) is 0 Å². The number of ether oxygens (including phenoxy) is 3. The first-order valence-electron chi connectivity index (χ1n) is 7.10. The van der Waals surface area contributed by atoms with Crippen molar-refractivity contribution in [2.24, 2.45) is 0 Å². The van der Waals surface area contributed by atoms with E-state index in [9.17, 15) is 19.7 Å². The summed E-state index contributed by atoms with van der Waals surface area (Å²) in [7, 11) is 1.16. The molecular weight excluding hydrogens is 320 g/mol. The van der Waals surface area contributed by atoms with E-state index >= 15 is 0 Å². The lowest BCUT2D eigenvalue weighted by molar-refractivity contribution is -0.384. The van der Waals surface area contributed by atoms with E-state index in [1.165, 1.54) is 12.1 Å². The van der Waals surface area contributed by atoms with Gasteiger partial charge in [-0.1, -0.05) is 0 Å². The Hall–Kier alpha value is -2.84. The molecule has 0 saturated heterocycles. The van der Waals surface area contributed by atoms with E-state index in [0.29, 0.717) is 0 Å². The van der Waals surface area contributed by atoms with Gasteiger partial charge in [0.05, 0.1) is 18.6 Å². The zero-order chi connectivity index (χ0) is 18.3. The van der Waals surface area contributed by atoms with Gasteiger partial charge < -0.3 is 19.5 Å². The predicted octanol–water partition coefficient (Wildman–Crippen LogP) is 2.28. The van der Waals surface area contributed by atoms with Crippen LogP contribution in [0.4, 0.5) is 10.5 Å². The molecule has 1 aromatic rings. The standard InChI is InChI=1S/C15H20N2O7/c1-15(2,3)24-14(19)16-7-8-23-12-6-5-10(17(20)21)9-11(12)13(18)22-4/h5-6,9H,7-8H2,1-4H3,(H,16,19). The van der Waals surface area contributed by atoms with Gasteiger partial charge in [0.1, 0.15) is 23.5 Å². The third-order valence-corrected chi connectivity index (χ3v) is 2.61. The number of methoxy groups -OCH3 is 1. The zero-order valence-corrected chi connectivity index (χ0v) is 14.0. The van der Waals surface area contributed by atoms with Crippen LogP contribution in [0.15, 0.2) is 18.2 Å². The Kier molecular flexibility index (Phi) is 6.51. The second kappa shape index (κ2) is 8.14.